The minimum Gasteiger partial charge on any atom is -0.240 e. The van der Waals surface area contributed by atoms with Gasteiger partial charge in [-0.3, -0.25) is 0 Å². The Labute approximate surface area is 134 Å². The maximum absolute atomic E-state index is 12.5. The van der Waals surface area contributed by atoms with Crippen LogP contribution in [0.15, 0.2) is 47.9 Å². The molecule has 0 aliphatic heterocycles. The van der Waals surface area contributed by atoms with Gasteiger partial charge in [0.05, 0.1) is 12.4 Å². The van der Waals surface area contributed by atoms with Gasteiger partial charge in [-0.15, -0.1) is 9.19 Å². The highest BCUT2D eigenvalue weighted by molar-refractivity contribution is 7.89. The summed E-state index contributed by atoms with van der Waals surface area (Å²) in [6, 6.07) is 7.69. The zero-order chi connectivity index (χ0) is 16.4. The molecule has 0 fully saturated rings. The molecule has 0 N–H and O–H groups in total. The van der Waals surface area contributed by atoms with Crippen LogP contribution in [0.2, 0.25) is 0 Å². The van der Waals surface area contributed by atoms with Crippen LogP contribution in [-0.2, 0) is 16.4 Å². The third kappa shape index (κ3) is 2.98. The van der Waals surface area contributed by atoms with Crippen LogP contribution >= 0.6 is 0 Å². The lowest BCUT2D eigenvalue weighted by Crippen LogP contribution is -2.14. The third-order valence-corrected chi connectivity index (χ3v) is 4.87. The first-order valence-corrected chi connectivity index (χ1v) is 8.50. The molecule has 0 bridgehead atoms. The molecule has 8 heteroatoms. The van der Waals surface area contributed by atoms with Crippen LogP contribution in [0.1, 0.15) is 18.3 Å². The van der Waals surface area contributed by atoms with Gasteiger partial charge in [0.25, 0.3) is 10.0 Å². The van der Waals surface area contributed by atoms with Crippen LogP contribution in [0, 0.1) is 6.92 Å². The maximum atomic E-state index is 12.5. The average Bonchev–Trinajstić information content (AvgIpc) is 3.06. The lowest BCUT2D eigenvalue weighted by atomic mass is 10.1. The van der Waals surface area contributed by atoms with Gasteiger partial charge in [-0.2, -0.15) is 8.42 Å². The minimum atomic E-state index is -3.84. The molecular weight excluding hydrogens is 314 g/mol. The molecule has 0 unspecified atom stereocenters. The zero-order valence-electron chi connectivity index (χ0n) is 12.7. The Bertz CT molecular complexity index is 915. The number of hydrogen-bond acceptors (Lipinski definition) is 6. The molecule has 118 valence electrons. The fourth-order valence-corrected chi connectivity index (χ4v) is 2.95. The molecule has 3 rings (SSSR count). The normalized spacial score (nSPS) is 11.6. The summed E-state index contributed by atoms with van der Waals surface area (Å²) in [6.07, 6.45) is 4.63. The van der Waals surface area contributed by atoms with Crippen LogP contribution in [0.25, 0.3) is 11.4 Å². The van der Waals surface area contributed by atoms with Gasteiger partial charge in [0.2, 0.25) is 0 Å². The fraction of sp³-hybridized carbons (Fsp3) is 0.200. The minimum absolute atomic E-state index is 0.0270. The molecule has 0 aliphatic rings. The first-order valence-electron chi connectivity index (χ1n) is 7.06. The van der Waals surface area contributed by atoms with E-state index in [0.29, 0.717) is 11.6 Å². The number of aryl methyl sites for hydroxylation is 2. The Hall–Kier alpha value is -2.61. The number of benzene rings is 1. The molecule has 0 amide bonds. The smallest absolute Gasteiger partial charge is 0.240 e. The predicted molar refractivity (Wildman–Crippen MR) is 84.2 cm³/mol. The van der Waals surface area contributed by atoms with Crippen LogP contribution in [0.3, 0.4) is 0 Å². The fourth-order valence-electron chi connectivity index (χ4n) is 2.01. The van der Waals surface area contributed by atoms with E-state index in [1.807, 2.05) is 24.3 Å². The maximum Gasteiger partial charge on any atom is 0.287 e. The Morgan fingerprint density at radius 3 is 2.30 bits per heavy atom. The average molecular weight is 329 g/mol. The summed E-state index contributed by atoms with van der Waals surface area (Å²) in [6.45, 7) is 3.75. The van der Waals surface area contributed by atoms with Gasteiger partial charge in [-0.1, -0.05) is 31.2 Å². The van der Waals surface area contributed by atoms with Crippen LogP contribution in [-0.4, -0.2) is 32.6 Å². The molecule has 1 aromatic carbocycles. The monoisotopic (exact) mass is 329 g/mol. The number of hydrogen-bond donors (Lipinski definition) is 0. The van der Waals surface area contributed by atoms with Gasteiger partial charge in [-0.05, 0) is 18.9 Å². The molecule has 0 spiro atoms. The lowest BCUT2D eigenvalue weighted by Gasteiger charge is -2.02. The van der Waals surface area contributed by atoms with Crippen molar-refractivity contribution in [2.45, 2.75) is 25.2 Å². The van der Waals surface area contributed by atoms with E-state index in [4.69, 9.17) is 0 Å². The van der Waals surface area contributed by atoms with Crippen molar-refractivity contribution in [1.29, 1.82) is 0 Å². The predicted octanol–water partition coefficient (Wildman–Crippen LogP) is 1.84. The molecule has 2 heterocycles. The first kappa shape index (κ1) is 15.3. The van der Waals surface area contributed by atoms with Gasteiger partial charge < -0.3 is 0 Å². The molecule has 3 aromatic rings. The second-order valence-electron chi connectivity index (χ2n) is 4.96. The van der Waals surface area contributed by atoms with Gasteiger partial charge >= 0.3 is 0 Å². The molecule has 0 saturated heterocycles. The van der Waals surface area contributed by atoms with Gasteiger partial charge in [0.15, 0.2) is 5.82 Å². The highest BCUT2D eigenvalue weighted by atomic mass is 32.2. The Kier molecular flexibility index (Phi) is 3.91. The van der Waals surface area contributed by atoms with Crippen molar-refractivity contribution in [2.75, 3.05) is 0 Å². The molecule has 0 atom stereocenters. The van der Waals surface area contributed by atoms with E-state index in [9.17, 15) is 8.42 Å². The topological polar surface area (TPSA) is 90.6 Å². The zero-order valence-corrected chi connectivity index (χ0v) is 13.5. The summed E-state index contributed by atoms with van der Waals surface area (Å²) in [5.41, 5.74) is 1.95. The standard InChI is InChI=1S/C15H15N5O2S/c1-3-12-4-6-13(7-5-12)15-18-10-20(19-15)23(21,22)14-8-16-11(2)17-9-14/h4-10H,3H2,1-2H3. The lowest BCUT2D eigenvalue weighted by molar-refractivity contribution is 0.579. The number of nitrogens with zero attached hydrogens (tertiary/aromatic N) is 5. The van der Waals surface area contributed by atoms with Crippen molar-refractivity contribution in [1.82, 2.24) is 24.1 Å². The van der Waals surface area contributed by atoms with Crippen LogP contribution in [0.5, 0.6) is 0 Å². The second-order valence-corrected chi connectivity index (χ2v) is 6.76. The van der Waals surface area contributed by atoms with Crippen molar-refractivity contribution in [2.24, 2.45) is 0 Å². The van der Waals surface area contributed by atoms with E-state index in [2.05, 4.69) is 27.0 Å². The van der Waals surface area contributed by atoms with Crippen molar-refractivity contribution in [3.63, 3.8) is 0 Å². The number of aromatic nitrogens is 5. The van der Waals surface area contributed by atoms with E-state index < -0.39 is 10.0 Å². The van der Waals surface area contributed by atoms with E-state index in [-0.39, 0.29) is 4.90 Å². The Morgan fingerprint density at radius 1 is 1.04 bits per heavy atom. The summed E-state index contributed by atoms with van der Waals surface area (Å²) in [7, 11) is -3.84. The molecular formula is C15H15N5O2S. The Morgan fingerprint density at radius 2 is 1.70 bits per heavy atom. The van der Waals surface area contributed by atoms with Crippen LogP contribution in [0.4, 0.5) is 0 Å². The van der Waals surface area contributed by atoms with Gasteiger partial charge in [-0.25, -0.2) is 15.0 Å². The van der Waals surface area contributed by atoms with E-state index in [1.165, 1.54) is 24.3 Å². The SMILES string of the molecule is CCc1ccc(-c2ncn(S(=O)(=O)c3cnc(C)nc3)n2)cc1. The van der Waals surface area contributed by atoms with Crippen molar-refractivity contribution >= 4 is 10.0 Å². The Balaban J connectivity index is 1.95. The molecule has 0 saturated carbocycles. The van der Waals surface area contributed by atoms with Gasteiger partial charge in [0, 0.05) is 5.56 Å². The second kappa shape index (κ2) is 5.88. The first-order chi connectivity index (χ1) is 11.0. The summed E-state index contributed by atoms with van der Waals surface area (Å²) in [5.74, 6) is 0.850. The summed E-state index contributed by atoms with van der Waals surface area (Å²) in [5, 5.41) is 4.07. The van der Waals surface area contributed by atoms with E-state index >= 15 is 0 Å². The highest BCUT2D eigenvalue weighted by Gasteiger charge is 2.20. The molecule has 23 heavy (non-hydrogen) atoms. The van der Waals surface area contributed by atoms with Crippen LogP contribution < -0.4 is 0 Å². The molecule has 0 radical (unpaired) electrons. The highest BCUT2D eigenvalue weighted by Crippen LogP contribution is 2.17. The van der Waals surface area contributed by atoms with Crippen molar-refractivity contribution in [3.8, 4) is 11.4 Å². The van der Waals surface area contributed by atoms with Gasteiger partial charge in [0.1, 0.15) is 17.0 Å². The molecule has 7 nitrogen and oxygen atoms in total. The van der Waals surface area contributed by atoms with Crippen molar-refractivity contribution in [3.05, 3.63) is 54.4 Å². The number of rotatable bonds is 4. The van der Waals surface area contributed by atoms with E-state index in [0.717, 1.165) is 16.1 Å². The third-order valence-electron chi connectivity index (χ3n) is 3.39. The summed E-state index contributed by atoms with van der Waals surface area (Å²) < 4.78 is 25.8. The van der Waals surface area contributed by atoms with E-state index in [1.54, 1.807) is 6.92 Å². The van der Waals surface area contributed by atoms with Crippen molar-refractivity contribution < 1.29 is 8.42 Å². The quantitative estimate of drug-likeness (QED) is 0.725. The summed E-state index contributed by atoms with van der Waals surface area (Å²) >= 11 is 0. The molecule has 0 aliphatic carbocycles. The molecule has 2 aromatic heterocycles. The largest absolute Gasteiger partial charge is 0.287 e. The summed E-state index contributed by atoms with van der Waals surface area (Å²) in [4.78, 5) is 11.9.